The van der Waals surface area contributed by atoms with Gasteiger partial charge in [0.2, 0.25) is 11.8 Å². The van der Waals surface area contributed by atoms with E-state index in [1.54, 1.807) is 49.4 Å². The average molecular weight is 578 g/mol. The van der Waals surface area contributed by atoms with Gasteiger partial charge in [-0.25, -0.2) is 8.42 Å². The summed E-state index contributed by atoms with van der Waals surface area (Å²) in [5.74, 6) is -0.119. The van der Waals surface area contributed by atoms with Gasteiger partial charge in [-0.1, -0.05) is 55.3 Å². The molecule has 0 radical (unpaired) electrons. The first-order valence-corrected chi connectivity index (χ1v) is 15.6. The summed E-state index contributed by atoms with van der Waals surface area (Å²) in [7, 11) is -4.11. The number of carbonyl (C=O) groups is 2. The average Bonchev–Trinajstić information content (AvgIpc) is 3.49. The second-order valence-electron chi connectivity index (χ2n) is 10.4. The Kier molecular flexibility index (Phi) is 10.0. The Balaban J connectivity index is 1.68. The molecule has 8 nitrogen and oxygen atoms in total. The highest BCUT2D eigenvalue weighted by atomic mass is 32.2. The largest absolute Gasteiger partial charge is 0.494 e. The van der Waals surface area contributed by atoms with E-state index in [0.717, 1.165) is 41.1 Å². The molecule has 41 heavy (non-hydrogen) atoms. The third-order valence-corrected chi connectivity index (χ3v) is 9.30. The maximum Gasteiger partial charge on any atom is 0.264 e. The van der Waals surface area contributed by atoms with E-state index in [1.807, 2.05) is 38.1 Å². The second kappa shape index (κ2) is 13.7. The molecule has 1 N–H and O–H groups in total. The van der Waals surface area contributed by atoms with E-state index in [4.69, 9.17) is 4.74 Å². The molecule has 3 aromatic rings. The molecule has 0 bridgehead atoms. The number of amides is 2. The first-order chi connectivity index (χ1) is 19.7. The zero-order valence-corrected chi connectivity index (χ0v) is 24.8. The van der Waals surface area contributed by atoms with Crippen LogP contribution >= 0.6 is 0 Å². The molecular formula is C32H39N3O5S. The van der Waals surface area contributed by atoms with Gasteiger partial charge in [0.05, 0.1) is 17.2 Å². The number of benzene rings is 3. The normalized spacial score (nSPS) is 14.3. The summed E-state index contributed by atoms with van der Waals surface area (Å²) in [5, 5.41) is 3.10. The van der Waals surface area contributed by atoms with E-state index >= 15 is 0 Å². The van der Waals surface area contributed by atoms with Crippen LogP contribution in [-0.2, 0) is 26.2 Å². The molecule has 0 aliphatic heterocycles. The molecule has 3 aromatic carbocycles. The zero-order valence-electron chi connectivity index (χ0n) is 24.0. The Labute approximate surface area is 243 Å². The minimum absolute atomic E-state index is 0.0687. The molecular weight excluding hydrogens is 538 g/mol. The fourth-order valence-corrected chi connectivity index (χ4v) is 6.50. The van der Waals surface area contributed by atoms with Crippen molar-refractivity contribution < 1.29 is 22.7 Å². The van der Waals surface area contributed by atoms with Crippen LogP contribution in [0.4, 0.5) is 5.69 Å². The summed E-state index contributed by atoms with van der Waals surface area (Å²) >= 11 is 0. The van der Waals surface area contributed by atoms with Crippen LogP contribution in [0.15, 0.2) is 83.8 Å². The number of hydrogen-bond acceptors (Lipinski definition) is 5. The van der Waals surface area contributed by atoms with Crippen LogP contribution in [0.5, 0.6) is 5.75 Å². The van der Waals surface area contributed by atoms with Gasteiger partial charge in [0.1, 0.15) is 18.3 Å². The van der Waals surface area contributed by atoms with Crippen molar-refractivity contribution in [3.8, 4) is 5.75 Å². The van der Waals surface area contributed by atoms with Crippen LogP contribution in [0.2, 0.25) is 0 Å². The molecule has 1 aliphatic rings. The molecule has 0 aromatic heterocycles. The summed E-state index contributed by atoms with van der Waals surface area (Å²) in [4.78, 5) is 29.0. The van der Waals surface area contributed by atoms with Crippen molar-refractivity contribution >= 4 is 27.5 Å². The predicted octanol–water partition coefficient (Wildman–Crippen LogP) is 5.07. The highest BCUT2D eigenvalue weighted by molar-refractivity contribution is 7.92. The standard InChI is InChI=1S/C32H39N3O5S/c1-4-40-29-20-18-28(19-21-29)35(41(38,39)30-16-6-5-7-17-30)23-31(36)34(22-26-13-9-8-12-24(26)2)25(3)32(37)33-27-14-10-11-15-27/h5-9,12-13,16-21,25,27H,4,10-11,14-15,22-23H2,1-3H3,(H,33,37)/t25-/m0/s1. The Morgan fingerprint density at radius 2 is 1.59 bits per heavy atom. The van der Waals surface area contributed by atoms with Gasteiger partial charge in [-0.2, -0.15) is 0 Å². The molecule has 0 unspecified atom stereocenters. The van der Waals surface area contributed by atoms with E-state index in [0.29, 0.717) is 18.0 Å². The van der Waals surface area contributed by atoms with Gasteiger partial charge in [0, 0.05) is 12.6 Å². The summed E-state index contributed by atoms with van der Waals surface area (Å²) < 4.78 is 34.4. The van der Waals surface area contributed by atoms with Gasteiger partial charge in [-0.3, -0.25) is 13.9 Å². The molecule has 1 fully saturated rings. The van der Waals surface area contributed by atoms with Gasteiger partial charge < -0.3 is 15.0 Å². The topological polar surface area (TPSA) is 96.0 Å². The van der Waals surface area contributed by atoms with Crippen LogP contribution in [0.25, 0.3) is 0 Å². The van der Waals surface area contributed by atoms with Crippen molar-refractivity contribution in [3.05, 3.63) is 90.0 Å². The van der Waals surface area contributed by atoms with Gasteiger partial charge >= 0.3 is 0 Å². The summed E-state index contributed by atoms with van der Waals surface area (Å²) in [6.45, 7) is 5.69. The molecule has 0 saturated heterocycles. The monoisotopic (exact) mass is 577 g/mol. The number of carbonyl (C=O) groups excluding carboxylic acids is 2. The smallest absolute Gasteiger partial charge is 0.264 e. The highest BCUT2D eigenvalue weighted by Gasteiger charge is 2.33. The number of nitrogens with one attached hydrogen (secondary N) is 1. The number of aryl methyl sites for hydroxylation is 1. The zero-order chi connectivity index (χ0) is 29.4. The van der Waals surface area contributed by atoms with Gasteiger partial charge in [0.15, 0.2) is 0 Å². The number of nitrogens with zero attached hydrogens (tertiary/aromatic N) is 2. The lowest BCUT2D eigenvalue weighted by Crippen LogP contribution is -2.52. The van der Waals surface area contributed by atoms with E-state index in [-0.39, 0.29) is 23.4 Å². The van der Waals surface area contributed by atoms with Crippen molar-refractivity contribution in [2.45, 2.75) is 70.0 Å². The van der Waals surface area contributed by atoms with Crippen molar-refractivity contribution in [2.24, 2.45) is 0 Å². The fourth-order valence-electron chi connectivity index (χ4n) is 5.07. The van der Waals surface area contributed by atoms with Crippen LogP contribution in [0.3, 0.4) is 0 Å². The van der Waals surface area contributed by atoms with Crippen molar-refractivity contribution in [1.82, 2.24) is 10.2 Å². The van der Waals surface area contributed by atoms with E-state index in [9.17, 15) is 18.0 Å². The second-order valence-corrected chi connectivity index (χ2v) is 12.2. The maximum atomic E-state index is 14.1. The predicted molar refractivity (Wildman–Crippen MR) is 160 cm³/mol. The number of rotatable bonds is 12. The van der Waals surface area contributed by atoms with Crippen molar-refractivity contribution in [3.63, 3.8) is 0 Å². The van der Waals surface area contributed by atoms with Crippen molar-refractivity contribution in [1.29, 1.82) is 0 Å². The minimum atomic E-state index is -4.11. The number of hydrogen-bond donors (Lipinski definition) is 1. The van der Waals surface area contributed by atoms with Gasteiger partial charge in [-0.15, -0.1) is 0 Å². The Hall–Kier alpha value is -3.85. The van der Waals surface area contributed by atoms with E-state index in [1.165, 1.54) is 17.0 Å². The summed E-state index contributed by atoms with van der Waals surface area (Å²) in [5.41, 5.74) is 2.19. The van der Waals surface area contributed by atoms with Crippen LogP contribution < -0.4 is 14.4 Å². The first kappa shape index (κ1) is 30.1. The third kappa shape index (κ3) is 7.47. The lowest BCUT2D eigenvalue weighted by Gasteiger charge is -2.33. The maximum absolute atomic E-state index is 14.1. The highest BCUT2D eigenvalue weighted by Crippen LogP contribution is 2.27. The summed E-state index contributed by atoms with van der Waals surface area (Å²) in [6, 6.07) is 21.6. The number of ether oxygens (including phenoxy) is 1. The molecule has 1 atom stereocenters. The molecule has 218 valence electrons. The van der Waals surface area contributed by atoms with Crippen molar-refractivity contribution in [2.75, 3.05) is 17.5 Å². The molecule has 4 rings (SSSR count). The number of sulfonamides is 1. The van der Waals surface area contributed by atoms with Crippen LogP contribution in [0, 0.1) is 6.92 Å². The van der Waals surface area contributed by atoms with E-state index < -0.39 is 28.5 Å². The molecule has 2 amide bonds. The lowest BCUT2D eigenvalue weighted by atomic mass is 10.1. The van der Waals surface area contributed by atoms with Gasteiger partial charge in [0.25, 0.3) is 10.0 Å². The Morgan fingerprint density at radius 3 is 2.22 bits per heavy atom. The van der Waals surface area contributed by atoms with Crippen LogP contribution in [-0.4, -0.2) is 50.4 Å². The van der Waals surface area contributed by atoms with Gasteiger partial charge in [-0.05, 0) is 81.1 Å². The SMILES string of the molecule is CCOc1ccc(N(CC(=O)N(Cc2ccccc2C)[C@@H](C)C(=O)NC2CCCC2)S(=O)(=O)c2ccccc2)cc1. The quantitative estimate of drug-likeness (QED) is 0.325. The third-order valence-electron chi connectivity index (χ3n) is 7.52. The molecule has 9 heteroatoms. The number of anilines is 1. The Bertz CT molecular complexity index is 1420. The molecule has 1 saturated carbocycles. The first-order valence-electron chi connectivity index (χ1n) is 14.2. The lowest BCUT2D eigenvalue weighted by molar-refractivity contribution is -0.139. The fraction of sp³-hybridized carbons (Fsp3) is 0.375. The molecule has 1 aliphatic carbocycles. The van der Waals surface area contributed by atoms with E-state index in [2.05, 4.69) is 5.32 Å². The van der Waals surface area contributed by atoms with Crippen LogP contribution in [0.1, 0.15) is 50.7 Å². The Morgan fingerprint density at radius 1 is 0.951 bits per heavy atom. The summed E-state index contributed by atoms with van der Waals surface area (Å²) in [6.07, 6.45) is 3.98. The molecule has 0 spiro atoms. The molecule has 0 heterocycles. The minimum Gasteiger partial charge on any atom is -0.494 e.